The van der Waals surface area contributed by atoms with Crippen LogP contribution in [0.3, 0.4) is 0 Å². The Kier molecular flexibility index (Phi) is 8.20. The molecule has 4 saturated heterocycles. The van der Waals surface area contributed by atoms with Crippen molar-refractivity contribution < 1.29 is 63.5 Å². The number of aliphatic hydroxyl groups excluding tert-OH is 4. The van der Waals surface area contributed by atoms with Crippen molar-refractivity contribution in [3.63, 3.8) is 0 Å². The molecule has 0 aromatic carbocycles. The Labute approximate surface area is 232 Å². The number of aliphatic carboxylic acids is 1. The lowest BCUT2D eigenvalue weighted by Gasteiger charge is -2.55. The first-order chi connectivity index (χ1) is 19.1. The Hall–Kier alpha value is -0.970. The molecule has 13 nitrogen and oxygen atoms in total. The molecule has 1 spiro atoms. The van der Waals surface area contributed by atoms with Crippen LogP contribution < -0.4 is 0 Å². The van der Waals surface area contributed by atoms with Gasteiger partial charge in [0.25, 0.3) is 0 Å². The zero-order chi connectivity index (χ0) is 28.3. The Morgan fingerprint density at radius 3 is 2.30 bits per heavy atom. The Balaban J connectivity index is 1.23. The highest BCUT2D eigenvalue weighted by Gasteiger charge is 2.61. The zero-order valence-electron chi connectivity index (χ0n) is 22.8. The van der Waals surface area contributed by atoms with Crippen molar-refractivity contribution in [1.82, 2.24) is 0 Å². The molecule has 40 heavy (non-hydrogen) atoms. The third-order valence-electron chi connectivity index (χ3n) is 9.69. The third kappa shape index (κ3) is 5.32. The van der Waals surface area contributed by atoms with Gasteiger partial charge in [-0.2, -0.15) is 0 Å². The summed E-state index contributed by atoms with van der Waals surface area (Å²) in [5.41, 5.74) is -0.254. The molecule has 2 aliphatic carbocycles. The summed E-state index contributed by atoms with van der Waals surface area (Å²) in [4.78, 5) is 12.1. The predicted octanol–water partition coefficient (Wildman–Crippen LogP) is -0.356. The van der Waals surface area contributed by atoms with E-state index in [2.05, 4.69) is 0 Å². The summed E-state index contributed by atoms with van der Waals surface area (Å²) in [7, 11) is 0. The summed E-state index contributed by atoms with van der Waals surface area (Å²) in [6, 6.07) is 0. The van der Waals surface area contributed by atoms with Gasteiger partial charge in [-0.05, 0) is 50.4 Å². The van der Waals surface area contributed by atoms with E-state index in [9.17, 15) is 30.3 Å². The molecule has 228 valence electrons. The second-order valence-corrected chi connectivity index (χ2v) is 12.4. The molecule has 2 saturated carbocycles. The molecule has 6 fully saturated rings. The number of hydrogen-bond donors (Lipinski definition) is 5. The van der Waals surface area contributed by atoms with Crippen LogP contribution in [0.5, 0.6) is 0 Å². The van der Waals surface area contributed by atoms with E-state index >= 15 is 0 Å². The van der Waals surface area contributed by atoms with Crippen LogP contribution in [-0.4, -0.2) is 124 Å². The van der Waals surface area contributed by atoms with Crippen molar-refractivity contribution in [3.8, 4) is 0 Å². The van der Waals surface area contributed by atoms with E-state index in [0.717, 1.165) is 32.1 Å². The highest BCUT2D eigenvalue weighted by Crippen LogP contribution is 2.53. The lowest BCUT2D eigenvalue weighted by atomic mass is 9.82. The standard InChI is InChI=1S/C27H42O13/c1-3-12-5-4-6-13(18(12)39-25-17(30)16(29)15(28)11(2)35-25)37-26-22-20(19-21(40-26)24(33)38-19)36-14(23(31)32)9-27(7-8-27)10-34-22/h11-22,24-26,28-30,33H,3-10H2,1-2H3,(H,31,32). The summed E-state index contributed by atoms with van der Waals surface area (Å²) in [5.74, 6) is -0.995. The Morgan fingerprint density at radius 1 is 0.875 bits per heavy atom. The first-order valence-electron chi connectivity index (χ1n) is 14.6. The molecular formula is C27H42O13. The smallest absolute Gasteiger partial charge is 0.332 e. The quantitative estimate of drug-likeness (QED) is 0.278. The van der Waals surface area contributed by atoms with Crippen molar-refractivity contribution in [2.24, 2.45) is 11.3 Å². The van der Waals surface area contributed by atoms with Gasteiger partial charge in [0, 0.05) is 0 Å². The van der Waals surface area contributed by atoms with Crippen molar-refractivity contribution >= 4 is 5.97 Å². The second kappa shape index (κ2) is 11.3. The van der Waals surface area contributed by atoms with E-state index in [4.69, 9.17) is 33.2 Å². The number of rotatable bonds is 6. The molecule has 15 unspecified atom stereocenters. The average Bonchev–Trinajstić information content (AvgIpc) is 3.69. The number of carboxylic acids is 1. The van der Waals surface area contributed by atoms with Gasteiger partial charge >= 0.3 is 5.97 Å². The van der Waals surface area contributed by atoms with Crippen molar-refractivity contribution in [3.05, 3.63) is 0 Å². The number of hydrogen-bond acceptors (Lipinski definition) is 12. The van der Waals surface area contributed by atoms with Crippen LogP contribution in [0.25, 0.3) is 0 Å². The molecule has 4 heterocycles. The van der Waals surface area contributed by atoms with E-state index in [-0.39, 0.29) is 11.3 Å². The molecule has 0 aromatic rings. The maximum Gasteiger partial charge on any atom is 0.332 e. The minimum Gasteiger partial charge on any atom is -0.479 e. The number of ether oxygens (including phenoxy) is 7. The summed E-state index contributed by atoms with van der Waals surface area (Å²) < 4.78 is 42.7. The molecule has 5 N–H and O–H groups in total. The summed E-state index contributed by atoms with van der Waals surface area (Å²) in [6.07, 6.45) is -8.28. The predicted molar refractivity (Wildman–Crippen MR) is 132 cm³/mol. The maximum atomic E-state index is 12.1. The van der Waals surface area contributed by atoms with Gasteiger partial charge < -0.3 is 58.7 Å². The van der Waals surface area contributed by atoms with Crippen LogP contribution in [-0.2, 0) is 38.0 Å². The second-order valence-electron chi connectivity index (χ2n) is 12.4. The number of fused-ring (bicyclic) bond motifs is 3. The zero-order valence-corrected chi connectivity index (χ0v) is 22.8. The normalized spacial score (nSPS) is 52.0. The molecule has 0 aromatic heterocycles. The first kappa shape index (κ1) is 29.1. The minimum absolute atomic E-state index is 0.0548. The van der Waals surface area contributed by atoms with Crippen molar-refractivity contribution in [2.75, 3.05) is 6.61 Å². The molecule has 0 radical (unpaired) electrons. The maximum absolute atomic E-state index is 12.1. The van der Waals surface area contributed by atoms with E-state index in [0.29, 0.717) is 19.4 Å². The van der Waals surface area contributed by atoms with Crippen LogP contribution >= 0.6 is 0 Å². The summed E-state index contributed by atoms with van der Waals surface area (Å²) in [6.45, 7) is 3.98. The van der Waals surface area contributed by atoms with Gasteiger partial charge in [-0.25, -0.2) is 4.79 Å². The molecule has 0 amide bonds. The first-order valence-corrected chi connectivity index (χ1v) is 14.6. The van der Waals surface area contributed by atoms with Crippen LogP contribution in [0.1, 0.15) is 58.8 Å². The van der Waals surface area contributed by atoms with Crippen LogP contribution in [0.15, 0.2) is 0 Å². The van der Waals surface area contributed by atoms with Gasteiger partial charge in [0.05, 0.1) is 24.9 Å². The van der Waals surface area contributed by atoms with Gasteiger partial charge in [-0.15, -0.1) is 0 Å². The highest BCUT2D eigenvalue weighted by atomic mass is 16.8. The lowest BCUT2D eigenvalue weighted by Crippen LogP contribution is -2.72. The summed E-state index contributed by atoms with van der Waals surface area (Å²) in [5, 5.41) is 51.2. The number of aliphatic hydroxyl groups is 4. The topological polar surface area (TPSA) is 183 Å². The highest BCUT2D eigenvalue weighted by molar-refractivity contribution is 5.72. The minimum atomic E-state index is -1.45. The van der Waals surface area contributed by atoms with Gasteiger partial charge in [0.2, 0.25) is 0 Å². The number of carbonyl (C=O) groups is 1. The molecule has 15 atom stereocenters. The molecular weight excluding hydrogens is 532 g/mol. The third-order valence-corrected chi connectivity index (χ3v) is 9.69. The van der Waals surface area contributed by atoms with Gasteiger partial charge in [-0.1, -0.05) is 19.8 Å². The van der Waals surface area contributed by atoms with Gasteiger partial charge in [-0.3, -0.25) is 0 Å². The van der Waals surface area contributed by atoms with E-state index in [1.54, 1.807) is 6.92 Å². The summed E-state index contributed by atoms with van der Waals surface area (Å²) >= 11 is 0. The van der Waals surface area contributed by atoms with E-state index in [1.165, 1.54) is 0 Å². The Morgan fingerprint density at radius 2 is 1.62 bits per heavy atom. The van der Waals surface area contributed by atoms with Gasteiger partial charge in [0.1, 0.15) is 42.7 Å². The van der Waals surface area contributed by atoms with Crippen molar-refractivity contribution in [1.29, 1.82) is 0 Å². The molecule has 0 bridgehead atoms. The monoisotopic (exact) mass is 574 g/mol. The fraction of sp³-hybridized carbons (Fsp3) is 0.963. The fourth-order valence-corrected chi connectivity index (χ4v) is 6.89. The average molecular weight is 575 g/mol. The lowest BCUT2D eigenvalue weighted by molar-refractivity contribution is -0.429. The van der Waals surface area contributed by atoms with E-state index < -0.39 is 92.0 Å². The largest absolute Gasteiger partial charge is 0.479 e. The molecule has 6 aliphatic rings. The molecule has 13 heteroatoms. The van der Waals surface area contributed by atoms with Crippen LogP contribution in [0.2, 0.25) is 0 Å². The molecule has 4 aliphatic heterocycles. The van der Waals surface area contributed by atoms with Crippen molar-refractivity contribution in [2.45, 2.75) is 145 Å². The van der Waals surface area contributed by atoms with Crippen LogP contribution in [0.4, 0.5) is 0 Å². The van der Waals surface area contributed by atoms with Gasteiger partial charge in [0.15, 0.2) is 25.0 Å². The Bertz CT molecular complexity index is 915. The fourth-order valence-electron chi connectivity index (χ4n) is 6.89. The number of carboxylic acid groups (broad SMARTS) is 1. The van der Waals surface area contributed by atoms with Crippen LogP contribution in [0, 0.1) is 11.3 Å². The SMILES string of the molecule is CCC1CCCC(OC2OC3C(O)OC3C3OC(C(=O)O)CC4(CC4)COC23)C1OC1OC(C)C(O)C(O)C1O. The van der Waals surface area contributed by atoms with E-state index in [1.807, 2.05) is 6.92 Å². The molecule has 6 rings (SSSR count).